The Morgan fingerprint density at radius 1 is 1.29 bits per heavy atom. The number of hydrogen-bond acceptors (Lipinski definition) is 6. The Labute approximate surface area is 129 Å². The molecule has 0 atom stereocenters. The highest BCUT2D eigenvalue weighted by molar-refractivity contribution is 7.99. The van der Waals surface area contributed by atoms with Crippen LogP contribution in [0, 0.1) is 0 Å². The number of fused-ring (bicyclic) bond motifs is 1. The smallest absolute Gasteiger partial charge is 0.236 e. The lowest BCUT2D eigenvalue weighted by molar-refractivity contribution is -0.113. The van der Waals surface area contributed by atoms with Crippen molar-refractivity contribution in [2.24, 2.45) is 0 Å². The van der Waals surface area contributed by atoms with E-state index in [9.17, 15) is 4.79 Å². The van der Waals surface area contributed by atoms with Crippen molar-refractivity contribution in [3.05, 3.63) is 42.6 Å². The Bertz CT molecular complexity index is 737. The maximum atomic E-state index is 11.9. The number of anilines is 2. The number of benzene rings is 1. The number of thioether (sulfide) groups is 1. The Balaban J connectivity index is 1.59. The Morgan fingerprint density at radius 2 is 2.14 bits per heavy atom. The molecule has 21 heavy (non-hydrogen) atoms. The number of nitrogens with two attached hydrogens (primary N) is 1. The Morgan fingerprint density at radius 3 is 2.90 bits per heavy atom. The number of para-hydroxylation sites is 1. The largest absolute Gasteiger partial charge is 0.397 e. The van der Waals surface area contributed by atoms with Crippen LogP contribution in [0.3, 0.4) is 0 Å². The average molecular weight is 316 g/mol. The lowest BCUT2D eigenvalue weighted by atomic mass is 10.3. The third-order valence-corrected chi connectivity index (χ3v) is 4.55. The van der Waals surface area contributed by atoms with Crippen molar-refractivity contribution < 1.29 is 4.79 Å². The summed E-state index contributed by atoms with van der Waals surface area (Å²) >= 11 is 2.83. The number of nitrogen functional groups attached to an aromatic ring is 1. The third-order valence-electron chi connectivity index (χ3n) is 2.65. The van der Waals surface area contributed by atoms with Gasteiger partial charge in [0.1, 0.15) is 0 Å². The highest BCUT2D eigenvalue weighted by Crippen LogP contribution is 2.25. The second-order valence-corrected chi connectivity index (χ2v) is 6.28. The first-order valence-electron chi connectivity index (χ1n) is 6.20. The number of thiazole rings is 1. The molecule has 1 amide bonds. The highest BCUT2D eigenvalue weighted by Gasteiger charge is 2.08. The van der Waals surface area contributed by atoms with Gasteiger partial charge in [-0.15, -0.1) is 0 Å². The molecule has 0 aliphatic carbocycles. The van der Waals surface area contributed by atoms with Crippen LogP contribution in [0.4, 0.5) is 10.8 Å². The minimum Gasteiger partial charge on any atom is -0.397 e. The number of aromatic nitrogens is 2. The molecule has 0 unspecified atom stereocenters. The summed E-state index contributed by atoms with van der Waals surface area (Å²) in [6.45, 7) is 0. The molecule has 0 spiro atoms. The van der Waals surface area contributed by atoms with Gasteiger partial charge in [0.15, 0.2) is 5.13 Å². The Hall–Kier alpha value is -2.12. The van der Waals surface area contributed by atoms with Crippen LogP contribution >= 0.6 is 23.1 Å². The van der Waals surface area contributed by atoms with E-state index in [0.717, 1.165) is 15.2 Å². The summed E-state index contributed by atoms with van der Waals surface area (Å²) in [6.07, 6.45) is 1.58. The molecule has 0 saturated heterocycles. The monoisotopic (exact) mass is 316 g/mol. The normalized spacial score (nSPS) is 10.7. The number of carbonyl (C=O) groups is 1. The van der Waals surface area contributed by atoms with Gasteiger partial charge in [0, 0.05) is 0 Å². The first-order valence-corrected chi connectivity index (χ1v) is 8.01. The van der Waals surface area contributed by atoms with Gasteiger partial charge in [-0.1, -0.05) is 35.2 Å². The predicted molar refractivity (Wildman–Crippen MR) is 87.6 cm³/mol. The van der Waals surface area contributed by atoms with Crippen LogP contribution in [0.25, 0.3) is 10.2 Å². The summed E-state index contributed by atoms with van der Waals surface area (Å²) in [7, 11) is 0. The zero-order valence-electron chi connectivity index (χ0n) is 10.9. The number of hydrogen-bond donors (Lipinski definition) is 2. The molecular formula is C14H12N4OS2. The van der Waals surface area contributed by atoms with Crippen LogP contribution in [0.1, 0.15) is 0 Å². The molecule has 0 bridgehead atoms. The minimum absolute atomic E-state index is 0.0994. The molecule has 5 nitrogen and oxygen atoms in total. The van der Waals surface area contributed by atoms with Crippen LogP contribution in [-0.2, 0) is 4.79 Å². The maximum absolute atomic E-state index is 11.9. The van der Waals surface area contributed by atoms with Crippen LogP contribution in [-0.4, -0.2) is 21.6 Å². The molecule has 0 radical (unpaired) electrons. The summed E-state index contributed by atoms with van der Waals surface area (Å²) in [4.78, 5) is 20.4. The number of carbonyl (C=O) groups excluding carboxylic acids is 1. The van der Waals surface area contributed by atoms with E-state index in [2.05, 4.69) is 15.3 Å². The molecule has 0 saturated carbocycles. The molecule has 0 fully saturated rings. The molecule has 1 aromatic carbocycles. The van der Waals surface area contributed by atoms with E-state index in [0.29, 0.717) is 10.8 Å². The van der Waals surface area contributed by atoms with E-state index in [1.54, 1.807) is 18.3 Å². The predicted octanol–water partition coefficient (Wildman–Crippen LogP) is 3.00. The van der Waals surface area contributed by atoms with E-state index < -0.39 is 0 Å². The standard InChI is InChI=1S/C14H12N4OS2/c15-9-5-6-13(16-7-9)20-8-12(19)18-14-17-10-3-1-2-4-11(10)21-14/h1-7H,8,15H2,(H,17,18,19). The number of nitrogens with zero attached hydrogens (tertiary/aromatic N) is 2. The van der Waals surface area contributed by atoms with Crippen molar-refractivity contribution >= 4 is 50.0 Å². The van der Waals surface area contributed by atoms with Gasteiger partial charge in [0.25, 0.3) is 0 Å². The van der Waals surface area contributed by atoms with Gasteiger partial charge < -0.3 is 11.1 Å². The van der Waals surface area contributed by atoms with Crippen molar-refractivity contribution in [1.82, 2.24) is 9.97 Å². The summed E-state index contributed by atoms with van der Waals surface area (Å²) in [6, 6.07) is 11.3. The van der Waals surface area contributed by atoms with Gasteiger partial charge in [0.05, 0.1) is 32.9 Å². The van der Waals surface area contributed by atoms with Gasteiger partial charge >= 0.3 is 0 Å². The molecule has 0 aliphatic rings. The lowest BCUT2D eigenvalue weighted by Crippen LogP contribution is -2.13. The van der Waals surface area contributed by atoms with Crippen molar-refractivity contribution in [2.45, 2.75) is 5.03 Å². The molecule has 0 aliphatic heterocycles. The second kappa shape index (κ2) is 6.11. The first kappa shape index (κ1) is 13.8. The molecular weight excluding hydrogens is 304 g/mol. The Kier molecular flexibility index (Phi) is 4.03. The molecule has 3 N–H and O–H groups in total. The lowest BCUT2D eigenvalue weighted by Gasteiger charge is -2.01. The highest BCUT2D eigenvalue weighted by atomic mass is 32.2. The molecule has 7 heteroatoms. The topological polar surface area (TPSA) is 80.9 Å². The van der Waals surface area contributed by atoms with Gasteiger partial charge in [0.2, 0.25) is 5.91 Å². The molecule has 2 aromatic heterocycles. The van der Waals surface area contributed by atoms with Gasteiger partial charge in [-0.2, -0.15) is 0 Å². The maximum Gasteiger partial charge on any atom is 0.236 e. The van der Waals surface area contributed by atoms with E-state index in [1.165, 1.54) is 23.1 Å². The van der Waals surface area contributed by atoms with Crippen molar-refractivity contribution in [3.63, 3.8) is 0 Å². The molecule has 3 aromatic rings. The summed E-state index contributed by atoms with van der Waals surface area (Å²) in [5.41, 5.74) is 7.07. The quantitative estimate of drug-likeness (QED) is 0.723. The number of nitrogens with one attached hydrogen (secondary N) is 1. The summed E-state index contributed by atoms with van der Waals surface area (Å²) in [5.74, 6) is 0.185. The van der Waals surface area contributed by atoms with E-state index >= 15 is 0 Å². The zero-order chi connectivity index (χ0) is 14.7. The number of pyridine rings is 1. The van der Waals surface area contributed by atoms with Gasteiger partial charge in [-0.05, 0) is 24.3 Å². The van der Waals surface area contributed by atoms with E-state index in [1.807, 2.05) is 24.3 Å². The van der Waals surface area contributed by atoms with Gasteiger partial charge in [-0.3, -0.25) is 4.79 Å². The fourth-order valence-corrected chi connectivity index (χ4v) is 3.22. The number of rotatable bonds is 4. The molecule has 2 heterocycles. The summed E-state index contributed by atoms with van der Waals surface area (Å²) < 4.78 is 1.06. The van der Waals surface area contributed by atoms with Crippen molar-refractivity contribution in [2.75, 3.05) is 16.8 Å². The minimum atomic E-state index is -0.0994. The zero-order valence-corrected chi connectivity index (χ0v) is 12.6. The fourth-order valence-electron chi connectivity index (χ4n) is 1.70. The molecule has 106 valence electrons. The van der Waals surface area contributed by atoms with E-state index in [-0.39, 0.29) is 11.7 Å². The van der Waals surface area contributed by atoms with Crippen LogP contribution < -0.4 is 11.1 Å². The van der Waals surface area contributed by atoms with E-state index in [4.69, 9.17) is 5.73 Å². The van der Waals surface area contributed by atoms with Crippen molar-refractivity contribution in [1.29, 1.82) is 0 Å². The van der Waals surface area contributed by atoms with Crippen LogP contribution in [0.15, 0.2) is 47.6 Å². The SMILES string of the molecule is Nc1ccc(SCC(=O)Nc2nc3ccccc3s2)nc1. The third kappa shape index (κ3) is 3.50. The van der Waals surface area contributed by atoms with Crippen LogP contribution in [0.5, 0.6) is 0 Å². The first-order chi connectivity index (χ1) is 10.2. The summed E-state index contributed by atoms with van der Waals surface area (Å²) in [5, 5.41) is 4.19. The number of amides is 1. The van der Waals surface area contributed by atoms with Gasteiger partial charge in [-0.25, -0.2) is 9.97 Å². The van der Waals surface area contributed by atoms with Crippen molar-refractivity contribution in [3.8, 4) is 0 Å². The second-order valence-electron chi connectivity index (χ2n) is 4.25. The average Bonchev–Trinajstić information content (AvgIpc) is 2.88. The van der Waals surface area contributed by atoms with Crippen LogP contribution in [0.2, 0.25) is 0 Å². The fraction of sp³-hybridized carbons (Fsp3) is 0.0714. The molecule has 3 rings (SSSR count).